The van der Waals surface area contributed by atoms with E-state index in [0.29, 0.717) is 19.0 Å². The van der Waals surface area contributed by atoms with Crippen molar-refractivity contribution in [2.45, 2.75) is 26.9 Å². The van der Waals surface area contributed by atoms with Crippen molar-refractivity contribution in [3.05, 3.63) is 82.9 Å². The molecule has 0 atom stereocenters. The van der Waals surface area contributed by atoms with Crippen molar-refractivity contribution in [2.24, 2.45) is 4.99 Å². The number of halogens is 1. The summed E-state index contributed by atoms with van der Waals surface area (Å²) in [6.07, 6.45) is 0. The quantitative estimate of drug-likeness (QED) is 0.538. The van der Waals surface area contributed by atoms with Crippen molar-refractivity contribution >= 4 is 5.96 Å². The fraction of sp³-hybridized carbons (Fsp3) is 0.238. The molecular formula is C21H24FN5. The molecule has 0 spiro atoms. The zero-order chi connectivity index (χ0) is 19.2. The second-order valence-corrected chi connectivity index (χ2v) is 6.31. The Kier molecular flexibility index (Phi) is 5.86. The zero-order valence-electron chi connectivity index (χ0n) is 15.8. The Morgan fingerprint density at radius 2 is 1.78 bits per heavy atom. The van der Waals surface area contributed by atoms with Crippen LogP contribution in [0.2, 0.25) is 0 Å². The molecule has 0 aliphatic carbocycles. The number of aryl methyl sites for hydroxylation is 1. The number of guanidine groups is 1. The first-order chi connectivity index (χ1) is 13.1. The molecule has 5 nitrogen and oxygen atoms in total. The lowest BCUT2D eigenvalue weighted by Crippen LogP contribution is -2.36. The summed E-state index contributed by atoms with van der Waals surface area (Å²) >= 11 is 0. The van der Waals surface area contributed by atoms with Gasteiger partial charge in [-0.3, -0.25) is 4.99 Å². The first kappa shape index (κ1) is 18.6. The third-order valence-corrected chi connectivity index (χ3v) is 4.45. The molecule has 0 amide bonds. The average Bonchev–Trinajstić information content (AvgIpc) is 2.97. The number of nitrogens with one attached hydrogen (secondary N) is 2. The Morgan fingerprint density at radius 1 is 1.04 bits per heavy atom. The lowest BCUT2D eigenvalue weighted by molar-refractivity contribution is 0.624. The monoisotopic (exact) mass is 365 g/mol. The van der Waals surface area contributed by atoms with Gasteiger partial charge >= 0.3 is 0 Å². The Hall–Kier alpha value is -3.15. The minimum Gasteiger partial charge on any atom is -0.352 e. The van der Waals surface area contributed by atoms with Crippen LogP contribution in [0.25, 0.3) is 5.69 Å². The van der Waals surface area contributed by atoms with E-state index >= 15 is 0 Å². The van der Waals surface area contributed by atoms with Crippen LogP contribution in [0.4, 0.5) is 4.39 Å². The molecule has 0 saturated heterocycles. The highest BCUT2D eigenvalue weighted by Gasteiger charge is 2.13. The topological polar surface area (TPSA) is 54.2 Å². The van der Waals surface area contributed by atoms with Gasteiger partial charge in [-0.15, -0.1) is 0 Å². The maximum absolute atomic E-state index is 13.3. The van der Waals surface area contributed by atoms with Crippen molar-refractivity contribution in [2.75, 3.05) is 7.05 Å². The fourth-order valence-corrected chi connectivity index (χ4v) is 2.98. The van der Waals surface area contributed by atoms with Crippen LogP contribution in [-0.2, 0) is 13.1 Å². The first-order valence-corrected chi connectivity index (χ1v) is 8.88. The van der Waals surface area contributed by atoms with Crippen molar-refractivity contribution < 1.29 is 4.39 Å². The van der Waals surface area contributed by atoms with Gasteiger partial charge in [-0.2, -0.15) is 5.10 Å². The van der Waals surface area contributed by atoms with Crippen LogP contribution < -0.4 is 10.6 Å². The molecule has 0 fully saturated rings. The molecule has 3 rings (SSSR count). The van der Waals surface area contributed by atoms with Crippen molar-refractivity contribution in [1.29, 1.82) is 0 Å². The van der Waals surface area contributed by atoms with E-state index in [1.165, 1.54) is 12.1 Å². The normalized spacial score (nSPS) is 11.5. The molecule has 0 saturated carbocycles. The fourth-order valence-electron chi connectivity index (χ4n) is 2.98. The maximum Gasteiger partial charge on any atom is 0.191 e. The smallest absolute Gasteiger partial charge is 0.191 e. The minimum atomic E-state index is -0.239. The van der Waals surface area contributed by atoms with Crippen molar-refractivity contribution in [1.82, 2.24) is 20.4 Å². The molecule has 3 aromatic rings. The predicted octanol–water partition coefficient (Wildman–Crippen LogP) is 3.49. The standard InChI is InChI=1S/C21H24FN5/c1-15-20(16(2)27(26-15)19-10-5-4-6-11-19)14-25-21(23-3)24-13-17-8-7-9-18(22)12-17/h4-12H,13-14H2,1-3H3,(H2,23,24,25). The SMILES string of the molecule is CN=C(NCc1cccc(F)c1)NCc1c(C)nn(-c2ccccc2)c1C. The summed E-state index contributed by atoms with van der Waals surface area (Å²) in [4.78, 5) is 4.24. The van der Waals surface area contributed by atoms with E-state index < -0.39 is 0 Å². The van der Waals surface area contributed by atoms with E-state index in [1.54, 1.807) is 13.1 Å². The van der Waals surface area contributed by atoms with Gasteiger partial charge < -0.3 is 10.6 Å². The molecule has 27 heavy (non-hydrogen) atoms. The molecule has 6 heteroatoms. The first-order valence-electron chi connectivity index (χ1n) is 8.88. The van der Waals surface area contributed by atoms with Crippen molar-refractivity contribution in [3.8, 4) is 5.69 Å². The van der Waals surface area contributed by atoms with Crippen LogP contribution in [0.1, 0.15) is 22.5 Å². The van der Waals surface area contributed by atoms with E-state index in [9.17, 15) is 4.39 Å². The highest BCUT2D eigenvalue weighted by molar-refractivity contribution is 5.79. The van der Waals surface area contributed by atoms with E-state index in [0.717, 1.165) is 28.2 Å². The van der Waals surface area contributed by atoms with Crippen LogP contribution in [0, 0.1) is 19.7 Å². The van der Waals surface area contributed by atoms with Crippen LogP contribution >= 0.6 is 0 Å². The van der Waals surface area contributed by atoms with Gasteiger partial charge in [0.05, 0.1) is 11.4 Å². The molecule has 140 valence electrons. The maximum atomic E-state index is 13.3. The third-order valence-electron chi connectivity index (χ3n) is 4.45. The average molecular weight is 365 g/mol. The molecular weight excluding hydrogens is 341 g/mol. The molecule has 1 aromatic heterocycles. The summed E-state index contributed by atoms with van der Waals surface area (Å²) in [7, 11) is 1.72. The van der Waals surface area contributed by atoms with Crippen LogP contribution in [0.15, 0.2) is 59.6 Å². The van der Waals surface area contributed by atoms with Gasteiger partial charge in [0.25, 0.3) is 0 Å². The van der Waals surface area contributed by atoms with E-state index in [-0.39, 0.29) is 5.82 Å². The summed E-state index contributed by atoms with van der Waals surface area (Å²) in [5.74, 6) is 0.419. The molecule has 0 aliphatic rings. The number of hydrogen-bond acceptors (Lipinski definition) is 2. The Balaban J connectivity index is 1.66. The summed E-state index contributed by atoms with van der Waals surface area (Å²) in [6, 6.07) is 16.6. The van der Waals surface area contributed by atoms with Gasteiger partial charge in [0.2, 0.25) is 0 Å². The van der Waals surface area contributed by atoms with Crippen molar-refractivity contribution in [3.63, 3.8) is 0 Å². The lowest BCUT2D eigenvalue weighted by atomic mass is 10.2. The number of aromatic nitrogens is 2. The van der Waals surface area contributed by atoms with E-state index in [1.807, 2.05) is 48.0 Å². The Bertz CT molecular complexity index is 931. The predicted molar refractivity (Wildman–Crippen MR) is 106 cm³/mol. The number of aliphatic imine (C=N–C) groups is 1. The number of rotatable bonds is 5. The van der Waals surface area contributed by atoms with Gasteiger partial charge in [0, 0.05) is 31.4 Å². The molecule has 1 heterocycles. The Labute approximate surface area is 159 Å². The highest BCUT2D eigenvalue weighted by atomic mass is 19.1. The van der Waals surface area contributed by atoms with E-state index in [2.05, 4.69) is 27.6 Å². The number of benzene rings is 2. The second-order valence-electron chi connectivity index (χ2n) is 6.31. The van der Waals surface area contributed by atoms with Gasteiger partial charge in [-0.1, -0.05) is 30.3 Å². The summed E-state index contributed by atoms with van der Waals surface area (Å²) < 4.78 is 15.2. The molecule has 0 bridgehead atoms. The summed E-state index contributed by atoms with van der Waals surface area (Å²) in [6.45, 7) is 5.17. The molecule has 2 N–H and O–H groups in total. The van der Waals surface area contributed by atoms with Gasteiger partial charge in [-0.05, 0) is 43.7 Å². The second kappa shape index (κ2) is 8.49. The van der Waals surface area contributed by atoms with Gasteiger partial charge in [0.15, 0.2) is 5.96 Å². The van der Waals surface area contributed by atoms with Crippen LogP contribution in [-0.4, -0.2) is 22.8 Å². The van der Waals surface area contributed by atoms with E-state index in [4.69, 9.17) is 0 Å². The Morgan fingerprint density at radius 3 is 2.48 bits per heavy atom. The molecule has 0 aliphatic heterocycles. The number of nitrogens with zero attached hydrogens (tertiary/aromatic N) is 3. The summed E-state index contributed by atoms with van der Waals surface area (Å²) in [5.41, 5.74) is 5.10. The lowest BCUT2D eigenvalue weighted by Gasteiger charge is -2.12. The number of para-hydroxylation sites is 1. The highest BCUT2D eigenvalue weighted by Crippen LogP contribution is 2.17. The molecule has 0 radical (unpaired) electrons. The van der Waals surface area contributed by atoms with Gasteiger partial charge in [0.1, 0.15) is 5.82 Å². The van der Waals surface area contributed by atoms with Crippen LogP contribution in [0.3, 0.4) is 0 Å². The summed E-state index contributed by atoms with van der Waals surface area (Å²) in [5, 5.41) is 11.2. The third kappa shape index (κ3) is 4.53. The van der Waals surface area contributed by atoms with Gasteiger partial charge in [-0.25, -0.2) is 9.07 Å². The molecule has 2 aromatic carbocycles. The number of hydrogen-bond donors (Lipinski definition) is 2. The van der Waals surface area contributed by atoms with Crippen LogP contribution in [0.5, 0.6) is 0 Å². The zero-order valence-corrected chi connectivity index (χ0v) is 15.8. The largest absolute Gasteiger partial charge is 0.352 e. The molecule has 0 unspecified atom stereocenters. The minimum absolute atomic E-state index is 0.239.